The average Bonchev–Trinajstić information content (AvgIpc) is 3.18. The first kappa shape index (κ1) is 27.0. The second kappa shape index (κ2) is 11.1. The van der Waals surface area contributed by atoms with Gasteiger partial charge in [0.15, 0.2) is 0 Å². The number of piperidine rings is 1. The van der Waals surface area contributed by atoms with Gasteiger partial charge in [-0.05, 0) is 49.9 Å². The van der Waals surface area contributed by atoms with Gasteiger partial charge in [-0.15, -0.1) is 0 Å². The number of carbonyl (C=O) groups is 5. The largest absolute Gasteiger partial charge is 0.459 e. The van der Waals surface area contributed by atoms with Crippen molar-refractivity contribution in [2.45, 2.75) is 64.4 Å². The van der Waals surface area contributed by atoms with Crippen molar-refractivity contribution in [1.82, 2.24) is 20.9 Å². The Morgan fingerprint density at radius 2 is 1.84 bits per heavy atom. The van der Waals surface area contributed by atoms with Crippen molar-refractivity contribution >= 4 is 29.6 Å². The van der Waals surface area contributed by atoms with Crippen molar-refractivity contribution in [3.05, 3.63) is 70.8 Å². The summed E-state index contributed by atoms with van der Waals surface area (Å²) in [5, 5.41) is 8.19. The van der Waals surface area contributed by atoms with Crippen molar-refractivity contribution in [2.24, 2.45) is 0 Å². The van der Waals surface area contributed by atoms with Gasteiger partial charge in [0.05, 0.1) is 6.54 Å². The van der Waals surface area contributed by atoms with Crippen molar-refractivity contribution in [3.8, 4) is 0 Å². The summed E-state index contributed by atoms with van der Waals surface area (Å²) >= 11 is 0. The number of imide groups is 1. The van der Waals surface area contributed by atoms with Crippen molar-refractivity contribution < 1.29 is 28.7 Å². The molecule has 1 saturated heterocycles. The van der Waals surface area contributed by atoms with E-state index in [-0.39, 0.29) is 43.8 Å². The molecule has 1 fully saturated rings. The van der Waals surface area contributed by atoms with Crippen LogP contribution in [-0.2, 0) is 37.0 Å². The zero-order valence-corrected chi connectivity index (χ0v) is 21.7. The maximum absolute atomic E-state index is 13.2. The summed E-state index contributed by atoms with van der Waals surface area (Å²) in [6, 6.07) is 12.9. The van der Waals surface area contributed by atoms with E-state index in [1.165, 1.54) is 4.90 Å². The van der Waals surface area contributed by atoms with E-state index in [1.807, 2.05) is 24.3 Å². The third-order valence-electron chi connectivity index (χ3n) is 6.32. The Hall–Kier alpha value is -4.05. The Kier molecular flexibility index (Phi) is 7.91. The number of hydrogen-bond donors (Lipinski definition) is 3. The van der Waals surface area contributed by atoms with Gasteiger partial charge in [-0.25, -0.2) is 0 Å². The van der Waals surface area contributed by atoms with Crippen molar-refractivity contribution in [2.75, 3.05) is 6.54 Å². The molecule has 3 N–H and O–H groups in total. The molecule has 38 heavy (non-hydrogen) atoms. The fourth-order valence-electron chi connectivity index (χ4n) is 4.60. The maximum Gasteiger partial charge on any atom is 0.320 e. The molecule has 0 aliphatic carbocycles. The van der Waals surface area contributed by atoms with Crippen LogP contribution in [0, 0.1) is 0 Å². The lowest BCUT2D eigenvalue weighted by Gasteiger charge is -2.29. The van der Waals surface area contributed by atoms with Crippen LogP contribution >= 0.6 is 0 Å². The predicted octanol–water partition coefficient (Wildman–Crippen LogP) is 1.74. The molecule has 1 unspecified atom stereocenters. The SMILES string of the molecule is CC(C)(C)OC(=O)CN[C@H](C(=O)NCc1ccc2c(c1)CN(C1CCC(=O)NC1=O)C2=O)c1ccccc1. The number of carbonyl (C=O) groups excluding carboxylic acids is 5. The lowest BCUT2D eigenvalue weighted by molar-refractivity contribution is -0.153. The second-order valence-electron chi connectivity index (χ2n) is 10.4. The molecule has 2 aliphatic rings. The number of esters is 1. The number of benzene rings is 2. The Labute approximate surface area is 221 Å². The summed E-state index contributed by atoms with van der Waals surface area (Å²) < 4.78 is 5.34. The van der Waals surface area contributed by atoms with Crippen LogP contribution in [0.25, 0.3) is 0 Å². The van der Waals surface area contributed by atoms with Crippen LogP contribution in [0.4, 0.5) is 0 Å². The maximum atomic E-state index is 13.2. The minimum absolute atomic E-state index is 0.138. The summed E-state index contributed by atoms with van der Waals surface area (Å²) in [6.45, 7) is 5.66. The predicted molar refractivity (Wildman–Crippen MR) is 137 cm³/mol. The number of nitrogens with zero attached hydrogens (tertiary/aromatic N) is 1. The molecule has 200 valence electrons. The van der Waals surface area contributed by atoms with Gasteiger partial charge in [0.25, 0.3) is 5.91 Å². The number of amides is 4. The lowest BCUT2D eigenvalue weighted by Crippen LogP contribution is -2.52. The van der Waals surface area contributed by atoms with E-state index in [0.29, 0.717) is 17.5 Å². The normalized spacial score (nSPS) is 18.0. The molecule has 2 atom stereocenters. The quantitative estimate of drug-likeness (QED) is 0.357. The van der Waals surface area contributed by atoms with E-state index >= 15 is 0 Å². The van der Waals surface area contributed by atoms with E-state index in [0.717, 1.165) is 11.1 Å². The molecular formula is C28H32N4O6. The monoisotopic (exact) mass is 520 g/mol. The molecule has 0 radical (unpaired) electrons. The highest BCUT2D eigenvalue weighted by atomic mass is 16.6. The molecule has 2 aromatic carbocycles. The van der Waals surface area contributed by atoms with E-state index in [9.17, 15) is 24.0 Å². The third kappa shape index (κ3) is 6.44. The van der Waals surface area contributed by atoms with Gasteiger partial charge in [0, 0.05) is 25.1 Å². The van der Waals surface area contributed by atoms with Gasteiger partial charge in [0.1, 0.15) is 17.7 Å². The van der Waals surface area contributed by atoms with Crippen LogP contribution in [0.1, 0.15) is 66.7 Å². The van der Waals surface area contributed by atoms with Gasteiger partial charge in [-0.1, -0.05) is 42.5 Å². The Bertz CT molecular complexity index is 1250. The molecule has 0 spiro atoms. The first-order chi connectivity index (χ1) is 18.0. The van der Waals surface area contributed by atoms with Crippen molar-refractivity contribution in [1.29, 1.82) is 0 Å². The highest BCUT2D eigenvalue weighted by Gasteiger charge is 2.39. The molecular weight excluding hydrogens is 488 g/mol. The van der Waals surface area contributed by atoms with Crippen LogP contribution in [0.5, 0.6) is 0 Å². The van der Waals surface area contributed by atoms with Crippen molar-refractivity contribution in [3.63, 3.8) is 0 Å². The van der Waals surface area contributed by atoms with E-state index < -0.39 is 29.6 Å². The summed E-state index contributed by atoms with van der Waals surface area (Å²) in [5.41, 5.74) is 2.12. The van der Waals surface area contributed by atoms with Crippen LogP contribution in [-0.4, -0.2) is 52.7 Å². The highest BCUT2D eigenvalue weighted by molar-refractivity contribution is 6.05. The first-order valence-corrected chi connectivity index (χ1v) is 12.6. The molecule has 2 aliphatic heterocycles. The van der Waals surface area contributed by atoms with E-state index in [1.54, 1.807) is 45.0 Å². The number of nitrogens with one attached hydrogen (secondary N) is 3. The zero-order valence-electron chi connectivity index (χ0n) is 21.7. The summed E-state index contributed by atoms with van der Waals surface area (Å²) in [7, 11) is 0. The van der Waals surface area contributed by atoms with Crippen LogP contribution in [0.15, 0.2) is 48.5 Å². The average molecular weight is 521 g/mol. The summed E-state index contributed by atoms with van der Waals surface area (Å²) in [6.07, 6.45) is 0.489. The Morgan fingerprint density at radius 1 is 1.11 bits per heavy atom. The zero-order chi connectivity index (χ0) is 27.4. The van der Waals surface area contributed by atoms with Gasteiger partial charge < -0.3 is 15.0 Å². The minimum Gasteiger partial charge on any atom is -0.459 e. The van der Waals surface area contributed by atoms with E-state index in [2.05, 4.69) is 16.0 Å². The molecule has 0 aromatic heterocycles. The number of rotatable bonds is 8. The van der Waals surface area contributed by atoms with Gasteiger partial charge in [-0.3, -0.25) is 34.6 Å². The molecule has 10 nitrogen and oxygen atoms in total. The molecule has 2 aromatic rings. The van der Waals surface area contributed by atoms with Gasteiger partial charge in [0.2, 0.25) is 17.7 Å². The highest BCUT2D eigenvalue weighted by Crippen LogP contribution is 2.28. The molecule has 4 amide bonds. The number of ether oxygens (including phenoxy) is 1. The van der Waals surface area contributed by atoms with Gasteiger partial charge >= 0.3 is 5.97 Å². The minimum atomic E-state index is -0.775. The summed E-state index contributed by atoms with van der Waals surface area (Å²) in [5.74, 6) is -1.82. The number of fused-ring (bicyclic) bond motifs is 1. The first-order valence-electron chi connectivity index (χ1n) is 12.6. The van der Waals surface area contributed by atoms with Gasteiger partial charge in [-0.2, -0.15) is 0 Å². The smallest absolute Gasteiger partial charge is 0.320 e. The summed E-state index contributed by atoms with van der Waals surface area (Å²) in [4.78, 5) is 63.5. The standard InChI is InChI=1S/C28H32N4O6/c1-28(2,3)38-23(34)15-29-24(18-7-5-4-6-8-18)26(36)30-14-17-9-10-20-19(13-17)16-32(27(20)37)21-11-12-22(33)31-25(21)35/h4-10,13,21,24,29H,11-12,14-16H2,1-3H3,(H,30,36)(H,31,33,35)/t21?,24-/m0/s1. The molecule has 10 heteroatoms. The topological polar surface area (TPSA) is 134 Å². The molecule has 2 heterocycles. The fourth-order valence-corrected chi connectivity index (χ4v) is 4.60. The second-order valence-corrected chi connectivity index (χ2v) is 10.4. The van der Waals surface area contributed by atoms with E-state index in [4.69, 9.17) is 4.74 Å². The molecule has 0 saturated carbocycles. The molecule has 0 bridgehead atoms. The lowest BCUT2D eigenvalue weighted by atomic mass is 10.0. The molecule has 4 rings (SSSR count). The Balaban J connectivity index is 1.40. The van der Waals surface area contributed by atoms with Crippen LogP contribution in [0.2, 0.25) is 0 Å². The Morgan fingerprint density at radius 3 is 2.53 bits per heavy atom. The van der Waals surface area contributed by atoms with Crippen LogP contribution in [0.3, 0.4) is 0 Å². The fraction of sp³-hybridized carbons (Fsp3) is 0.393. The number of hydrogen-bond acceptors (Lipinski definition) is 7. The van der Waals surface area contributed by atoms with Crippen LogP contribution < -0.4 is 16.0 Å². The third-order valence-corrected chi connectivity index (χ3v) is 6.32.